The van der Waals surface area contributed by atoms with Crippen molar-refractivity contribution in [3.8, 4) is 0 Å². The molecule has 0 radical (unpaired) electrons. The molecule has 3 unspecified atom stereocenters. The molecule has 3 heterocycles. The zero-order valence-electron chi connectivity index (χ0n) is 12.2. The van der Waals surface area contributed by atoms with Gasteiger partial charge in [0.05, 0.1) is 6.54 Å². The van der Waals surface area contributed by atoms with Gasteiger partial charge >= 0.3 is 5.97 Å². The number of hydrogen-bond donors (Lipinski definition) is 1. The second kappa shape index (κ2) is 5.09. The van der Waals surface area contributed by atoms with Gasteiger partial charge in [0, 0.05) is 19.5 Å². The first kappa shape index (κ1) is 13.2. The van der Waals surface area contributed by atoms with Gasteiger partial charge in [-0.05, 0) is 37.5 Å². The van der Waals surface area contributed by atoms with Gasteiger partial charge in [0.2, 0.25) is 0 Å². The van der Waals surface area contributed by atoms with Crippen LogP contribution >= 0.6 is 0 Å². The van der Waals surface area contributed by atoms with E-state index in [1.165, 1.54) is 25.7 Å². The Morgan fingerprint density at radius 1 is 1.24 bits per heavy atom. The fourth-order valence-electron chi connectivity index (χ4n) is 4.56. The summed E-state index contributed by atoms with van der Waals surface area (Å²) >= 11 is 0. The van der Waals surface area contributed by atoms with Crippen molar-refractivity contribution >= 4 is 5.97 Å². The predicted octanol–water partition coefficient (Wildman–Crippen LogP) is 1.30. The smallest absolute Gasteiger partial charge is 0.321 e. The highest BCUT2D eigenvalue weighted by molar-refractivity contribution is 5.74. The Balaban J connectivity index is 1.56. The summed E-state index contributed by atoms with van der Waals surface area (Å²) in [7, 11) is 0. The van der Waals surface area contributed by atoms with Crippen LogP contribution in [0.2, 0.25) is 0 Å². The second-order valence-electron chi connectivity index (χ2n) is 6.71. The third kappa shape index (κ3) is 2.16. The summed E-state index contributed by atoms with van der Waals surface area (Å²) in [6.45, 7) is 2.52. The molecule has 1 aromatic rings. The Morgan fingerprint density at radius 3 is 3.00 bits per heavy atom. The van der Waals surface area contributed by atoms with Gasteiger partial charge in [0.15, 0.2) is 0 Å². The van der Waals surface area contributed by atoms with Gasteiger partial charge in [-0.3, -0.25) is 9.69 Å². The molecule has 1 saturated carbocycles. The van der Waals surface area contributed by atoms with Gasteiger partial charge in [-0.1, -0.05) is 6.42 Å². The number of nitrogens with zero attached hydrogens (tertiary/aromatic N) is 4. The Kier molecular flexibility index (Phi) is 3.21. The SMILES string of the molecule is O=C(O)C1C2CCCC2CN1Cc1nnc2n1CCCC2. The predicted molar refractivity (Wildman–Crippen MR) is 75.6 cm³/mol. The van der Waals surface area contributed by atoms with Crippen LogP contribution in [-0.4, -0.2) is 43.3 Å². The van der Waals surface area contributed by atoms with E-state index in [1.54, 1.807) is 0 Å². The first-order valence-corrected chi connectivity index (χ1v) is 8.12. The number of rotatable bonds is 3. The van der Waals surface area contributed by atoms with Crippen molar-refractivity contribution in [2.75, 3.05) is 6.54 Å². The molecule has 1 saturated heterocycles. The van der Waals surface area contributed by atoms with Gasteiger partial charge < -0.3 is 9.67 Å². The highest BCUT2D eigenvalue weighted by Crippen LogP contribution is 2.42. The van der Waals surface area contributed by atoms with Crippen molar-refractivity contribution in [1.82, 2.24) is 19.7 Å². The number of carboxylic acid groups (broad SMARTS) is 1. The zero-order valence-corrected chi connectivity index (χ0v) is 12.2. The molecule has 0 amide bonds. The second-order valence-corrected chi connectivity index (χ2v) is 6.71. The summed E-state index contributed by atoms with van der Waals surface area (Å²) in [6.07, 6.45) is 6.79. The molecule has 21 heavy (non-hydrogen) atoms. The molecule has 1 N–H and O–H groups in total. The first-order chi connectivity index (χ1) is 10.2. The van der Waals surface area contributed by atoms with Crippen molar-refractivity contribution in [2.45, 2.75) is 57.7 Å². The molecule has 3 atom stereocenters. The Labute approximate surface area is 124 Å². The molecule has 3 aliphatic rings. The van der Waals surface area contributed by atoms with Gasteiger partial charge in [-0.2, -0.15) is 0 Å². The van der Waals surface area contributed by atoms with E-state index in [-0.39, 0.29) is 6.04 Å². The van der Waals surface area contributed by atoms with Crippen LogP contribution < -0.4 is 0 Å². The quantitative estimate of drug-likeness (QED) is 0.908. The maximum absolute atomic E-state index is 11.7. The van der Waals surface area contributed by atoms with Gasteiger partial charge in [-0.15, -0.1) is 10.2 Å². The van der Waals surface area contributed by atoms with Crippen molar-refractivity contribution in [2.24, 2.45) is 11.8 Å². The van der Waals surface area contributed by atoms with E-state index in [0.717, 1.165) is 37.6 Å². The molecule has 0 spiro atoms. The van der Waals surface area contributed by atoms with Crippen LogP contribution in [0.5, 0.6) is 0 Å². The van der Waals surface area contributed by atoms with Gasteiger partial charge in [0.25, 0.3) is 0 Å². The fourth-order valence-corrected chi connectivity index (χ4v) is 4.56. The lowest BCUT2D eigenvalue weighted by atomic mass is 9.94. The molecule has 2 aliphatic heterocycles. The van der Waals surface area contributed by atoms with Crippen LogP contribution in [0, 0.1) is 11.8 Å². The topological polar surface area (TPSA) is 71.2 Å². The van der Waals surface area contributed by atoms with E-state index in [1.807, 2.05) is 0 Å². The highest BCUT2D eigenvalue weighted by atomic mass is 16.4. The minimum Gasteiger partial charge on any atom is -0.480 e. The number of aryl methyl sites for hydroxylation is 1. The molecule has 6 nitrogen and oxygen atoms in total. The van der Waals surface area contributed by atoms with Crippen molar-refractivity contribution in [3.63, 3.8) is 0 Å². The fraction of sp³-hybridized carbons (Fsp3) is 0.800. The van der Waals surface area contributed by atoms with E-state index >= 15 is 0 Å². The molecular weight excluding hydrogens is 268 g/mol. The Morgan fingerprint density at radius 2 is 2.14 bits per heavy atom. The normalized spacial score (nSPS) is 32.1. The highest BCUT2D eigenvalue weighted by Gasteiger charge is 2.47. The molecule has 4 rings (SSSR count). The Hall–Kier alpha value is -1.43. The summed E-state index contributed by atoms with van der Waals surface area (Å²) in [5.74, 6) is 2.27. The van der Waals surface area contributed by atoms with E-state index in [0.29, 0.717) is 18.4 Å². The molecule has 2 fully saturated rings. The Bertz CT molecular complexity index is 556. The van der Waals surface area contributed by atoms with Crippen molar-refractivity contribution in [3.05, 3.63) is 11.6 Å². The third-order valence-corrected chi connectivity index (χ3v) is 5.52. The average molecular weight is 290 g/mol. The maximum atomic E-state index is 11.7. The summed E-state index contributed by atoms with van der Waals surface area (Å²) in [6, 6.07) is -0.325. The monoisotopic (exact) mass is 290 g/mol. The number of carboxylic acids is 1. The number of aromatic nitrogens is 3. The number of fused-ring (bicyclic) bond motifs is 2. The summed E-state index contributed by atoms with van der Waals surface area (Å²) in [5.41, 5.74) is 0. The molecule has 6 heteroatoms. The van der Waals surface area contributed by atoms with Gasteiger partial charge in [-0.25, -0.2) is 0 Å². The summed E-state index contributed by atoms with van der Waals surface area (Å²) in [4.78, 5) is 13.8. The van der Waals surface area contributed by atoms with E-state index in [2.05, 4.69) is 19.7 Å². The van der Waals surface area contributed by atoms with Crippen LogP contribution in [0.15, 0.2) is 0 Å². The molecule has 1 aromatic heterocycles. The van der Waals surface area contributed by atoms with Crippen molar-refractivity contribution < 1.29 is 9.90 Å². The van der Waals surface area contributed by atoms with Crippen LogP contribution in [0.3, 0.4) is 0 Å². The van der Waals surface area contributed by atoms with Crippen LogP contribution in [0.4, 0.5) is 0 Å². The first-order valence-electron chi connectivity index (χ1n) is 8.12. The van der Waals surface area contributed by atoms with Gasteiger partial charge in [0.1, 0.15) is 17.7 Å². The standard InChI is InChI=1S/C15H22N4O2/c20-15(21)14-11-5-3-4-10(11)8-18(14)9-13-17-16-12-6-1-2-7-19(12)13/h10-11,14H,1-9H2,(H,20,21). The summed E-state index contributed by atoms with van der Waals surface area (Å²) < 4.78 is 2.20. The largest absolute Gasteiger partial charge is 0.480 e. The minimum atomic E-state index is -0.664. The lowest BCUT2D eigenvalue weighted by Crippen LogP contribution is -2.39. The lowest BCUT2D eigenvalue weighted by molar-refractivity contribution is -0.143. The number of aliphatic carboxylic acids is 1. The number of hydrogen-bond acceptors (Lipinski definition) is 4. The molecule has 1 aliphatic carbocycles. The zero-order chi connectivity index (χ0) is 14.4. The van der Waals surface area contributed by atoms with E-state index in [9.17, 15) is 9.90 Å². The number of carbonyl (C=O) groups is 1. The molecule has 0 aromatic carbocycles. The molecule has 114 valence electrons. The lowest BCUT2D eigenvalue weighted by Gasteiger charge is -2.24. The van der Waals surface area contributed by atoms with E-state index in [4.69, 9.17) is 0 Å². The molecular formula is C15H22N4O2. The maximum Gasteiger partial charge on any atom is 0.321 e. The van der Waals surface area contributed by atoms with E-state index < -0.39 is 5.97 Å². The van der Waals surface area contributed by atoms with Crippen molar-refractivity contribution in [1.29, 1.82) is 0 Å². The van der Waals surface area contributed by atoms with Crippen LogP contribution in [0.1, 0.15) is 43.8 Å². The third-order valence-electron chi connectivity index (χ3n) is 5.52. The minimum absolute atomic E-state index is 0.325. The van der Waals surface area contributed by atoms with Crippen LogP contribution in [0.25, 0.3) is 0 Å². The molecule has 0 bridgehead atoms. The van der Waals surface area contributed by atoms with Crippen LogP contribution in [-0.2, 0) is 24.3 Å². The average Bonchev–Trinajstić information content (AvgIpc) is 3.13. The number of likely N-dealkylation sites (tertiary alicyclic amines) is 1. The summed E-state index contributed by atoms with van der Waals surface area (Å²) in [5, 5.41) is 18.2.